The van der Waals surface area contributed by atoms with Crippen LogP contribution in [-0.4, -0.2) is 47.5 Å². The molecule has 0 aromatic carbocycles. The molecule has 0 saturated heterocycles. The van der Waals surface area contributed by atoms with Crippen LogP contribution in [0.15, 0.2) is 0 Å². The largest absolute Gasteiger partial charge is 0.392 e. The molecule has 0 bridgehead atoms. The summed E-state index contributed by atoms with van der Waals surface area (Å²) < 4.78 is 0. The van der Waals surface area contributed by atoms with Gasteiger partial charge in [-0.1, -0.05) is 0 Å². The zero-order valence-corrected chi connectivity index (χ0v) is 7.07. The molecule has 62 valence electrons. The molecule has 0 rings (SSSR count). The van der Waals surface area contributed by atoms with E-state index >= 15 is 0 Å². The van der Waals surface area contributed by atoms with E-state index in [1.165, 1.54) is 0 Å². The standard InChI is InChI=1S/C7H17NO2/c1-5(9)7(6(2)10)8(3)4/h5-7,9-10H,1-4H3/t5-,6-/m1/s1. The number of rotatable bonds is 3. The molecule has 0 fully saturated rings. The van der Waals surface area contributed by atoms with Gasteiger partial charge in [0.05, 0.1) is 18.2 Å². The van der Waals surface area contributed by atoms with E-state index in [-0.39, 0.29) is 6.04 Å². The zero-order chi connectivity index (χ0) is 8.31. The van der Waals surface area contributed by atoms with E-state index in [0.717, 1.165) is 0 Å². The molecule has 3 heteroatoms. The van der Waals surface area contributed by atoms with Gasteiger partial charge in [-0.05, 0) is 27.9 Å². The van der Waals surface area contributed by atoms with Gasteiger partial charge in [-0.15, -0.1) is 0 Å². The highest BCUT2D eigenvalue weighted by atomic mass is 16.3. The topological polar surface area (TPSA) is 43.7 Å². The SMILES string of the molecule is C[C@@H](O)C([C@@H](C)O)N(C)C. The average molecular weight is 147 g/mol. The lowest BCUT2D eigenvalue weighted by molar-refractivity contribution is 0.00814. The molecule has 0 aliphatic heterocycles. The Morgan fingerprint density at radius 3 is 1.30 bits per heavy atom. The maximum absolute atomic E-state index is 9.15. The van der Waals surface area contributed by atoms with Crippen molar-refractivity contribution in [2.75, 3.05) is 14.1 Å². The molecule has 0 saturated carbocycles. The molecule has 0 amide bonds. The van der Waals surface area contributed by atoms with Crippen LogP contribution in [0.2, 0.25) is 0 Å². The van der Waals surface area contributed by atoms with Crippen LogP contribution in [0, 0.1) is 0 Å². The average Bonchev–Trinajstić information content (AvgIpc) is 1.59. The Morgan fingerprint density at radius 1 is 1.00 bits per heavy atom. The van der Waals surface area contributed by atoms with Gasteiger partial charge in [0.15, 0.2) is 0 Å². The normalized spacial score (nSPS) is 18.0. The molecule has 0 aromatic heterocycles. The predicted octanol–water partition coefficient (Wildman–Crippen LogP) is -0.322. The minimum absolute atomic E-state index is 0.167. The molecule has 0 aliphatic rings. The van der Waals surface area contributed by atoms with Crippen molar-refractivity contribution in [3.8, 4) is 0 Å². The Bertz CT molecular complexity index is 72.6. The molecule has 0 unspecified atom stereocenters. The van der Waals surface area contributed by atoms with Gasteiger partial charge in [-0.3, -0.25) is 0 Å². The van der Waals surface area contributed by atoms with Crippen molar-refractivity contribution in [3.05, 3.63) is 0 Å². The third kappa shape index (κ3) is 2.64. The highest BCUT2D eigenvalue weighted by Crippen LogP contribution is 2.04. The van der Waals surface area contributed by atoms with E-state index in [4.69, 9.17) is 10.2 Å². The Morgan fingerprint density at radius 2 is 1.30 bits per heavy atom. The summed E-state index contributed by atoms with van der Waals surface area (Å²) in [6, 6.07) is -0.167. The third-order valence-electron chi connectivity index (χ3n) is 1.58. The van der Waals surface area contributed by atoms with Crippen molar-refractivity contribution in [2.45, 2.75) is 32.1 Å². The third-order valence-corrected chi connectivity index (χ3v) is 1.58. The maximum atomic E-state index is 9.15. The first-order valence-electron chi connectivity index (χ1n) is 3.49. The fourth-order valence-electron chi connectivity index (χ4n) is 1.27. The smallest absolute Gasteiger partial charge is 0.0692 e. The maximum Gasteiger partial charge on any atom is 0.0692 e. The highest BCUT2D eigenvalue weighted by molar-refractivity contribution is 4.76. The van der Waals surface area contributed by atoms with Crippen LogP contribution in [0.25, 0.3) is 0 Å². The first kappa shape index (κ1) is 9.88. The van der Waals surface area contributed by atoms with Crippen LogP contribution >= 0.6 is 0 Å². The van der Waals surface area contributed by atoms with Crippen LogP contribution in [0.5, 0.6) is 0 Å². The second kappa shape index (κ2) is 3.91. The number of likely N-dealkylation sites (N-methyl/N-ethyl adjacent to an activating group) is 1. The number of hydrogen-bond acceptors (Lipinski definition) is 3. The lowest BCUT2D eigenvalue weighted by Crippen LogP contribution is -2.45. The van der Waals surface area contributed by atoms with Gasteiger partial charge in [0.25, 0.3) is 0 Å². The van der Waals surface area contributed by atoms with E-state index in [1.54, 1.807) is 13.8 Å². The highest BCUT2D eigenvalue weighted by Gasteiger charge is 2.21. The first-order valence-corrected chi connectivity index (χ1v) is 3.49. The van der Waals surface area contributed by atoms with Gasteiger partial charge in [-0.25, -0.2) is 0 Å². The number of hydrogen-bond donors (Lipinski definition) is 2. The molecule has 0 heterocycles. The number of nitrogens with zero attached hydrogens (tertiary/aromatic N) is 1. The Kier molecular flexibility index (Phi) is 3.86. The van der Waals surface area contributed by atoms with Crippen molar-refractivity contribution in [2.24, 2.45) is 0 Å². The summed E-state index contributed by atoms with van der Waals surface area (Å²) in [5.74, 6) is 0. The molecule has 0 radical (unpaired) electrons. The van der Waals surface area contributed by atoms with Gasteiger partial charge < -0.3 is 15.1 Å². The Labute approximate surface area is 62.3 Å². The molecule has 0 aliphatic carbocycles. The summed E-state index contributed by atoms with van der Waals surface area (Å²) in [5, 5.41) is 18.3. The monoisotopic (exact) mass is 147 g/mol. The van der Waals surface area contributed by atoms with Crippen molar-refractivity contribution < 1.29 is 10.2 Å². The van der Waals surface area contributed by atoms with Gasteiger partial charge in [0, 0.05) is 0 Å². The quantitative estimate of drug-likeness (QED) is 0.575. The fourth-order valence-corrected chi connectivity index (χ4v) is 1.27. The fraction of sp³-hybridized carbons (Fsp3) is 1.00. The van der Waals surface area contributed by atoms with Crippen LogP contribution in [0.3, 0.4) is 0 Å². The number of aliphatic hydroxyl groups excluding tert-OH is 2. The molecule has 0 aromatic rings. The van der Waals surface area contributed by atoms with Crippen LogP contribution in [0.1, 0.15) is 13.8 Å². The van der Waals surface area contributed by atoms with Crippen LogP contribution in [0.4, 0.5) is 0 Å². The van der Waals surface area contributed by atoms with Gasteiger partial charge in [0.1, 0.15) is 0 Å². The van der Waals surface area contributed by atoms with E-state index in [1.807, 2.05) is 19.0 Å². The van der Waals surface area contributed by atoms with Crippen molar-refractivity contribution in [1.82, 2.24) is 4.90 Å². The van der Waals surface area contributed by atoms with E-state index in [2.05, 4.69) is 0 Å². The molecule has 10 heavy (non-hydrogen) atoms. The van der Waals surface area contributed by atoms with Gasteiger partial charge in [-0.2, -0.15) is 0 Å². The summed E-state index contributed by atoms with van der Waals surface area (Å²) in [6.45, 7) is 3.36. The van der Waals surface area contributed by atoms with Gasteiger partial charge >= 0.3 is 0 Å². The molecule has 2 atom stereocenters. The molecular weight excluding hydrogens is 130 g/mol. The first-order chi connectivity index (χ1) is 4.46. The Balaban J connectivity index is 3.98. The Hall–Kier alpha value is -0.120. The summed E-state index contributed by atoms with van der Waals surface area (Å²) in [5.41, 5.74) is 0. The molecule has 2 N–H and O–H groups in total. The van der Waals surface area contributed by atoms with Crippen molar-refractivity contribution >= 4 is 0 Å². The van der Waals surface area contributed by atoms with E-state index < -0.39 is 12.2 Å². The van der Waals surface area contributed by atoms with Crippen molar-refractivity contribution in [1.29, 1.82) is 0 Å². The summed E-state index contributed by atoms with van der Waals surface area (Å²) in [6.07, 6.45) is -0.981. The van der Waals surface area contributed by atoms with E-state index in [9.17, 15) is 0 Å². The summed E-state index contributed by atoms with van der Waals surface area (Å²) in [7, 11) is 3.67. The van der Waals surface area contributed by atoms with E-state index in [0.29, 0.717) is 0 Å². The minimum Gasteiger partial charge on any atom is -0.392 e. The minimum atomic E-state index is -0.491. The zero-order valence-electron chi connectivity index (χ0n) is 7.07. The predicted molar refractivity (Wildman–Crippen MR) is 40.8 cm³/mol. The lowest BCUT2D eigenvalue weighted by Gasteiger charge is -2.29. The summed E-state index contributed by atoms with van der Waals surface area (Å²) in [4.78, 5) is 1.81. The molecule has 0 spiro atoms. The summed E-state index contributed by atoms with van der Waals surface area (Å²) >= 11 is 0. The van der Waals surface area contributed by atoms with Crippen LogP contribution in [-0.2, 0) is 0 Å². The lowest BCUT2D eigenvalue weighted by atomic mass is 10.1. The van der Waals surface area contributed by atoms with Crippen molar-refractivity contribution in [3.63, 3.8) is 0 Å². The second-order valence-corrected chi connectivity index (χ2v) is 2.94. The molecular formula is C7H17NO2. The van der Waals surface area contributed by atoms with Gasteiger partial charge in [0.2, 0.25) is 0 Å². The second-order valence-electron chi connectivity index (χ2n) is 2.94. The number of aliphatic hydroxyl groups is 2. The van der Waals surface area contributed by atoms with Crippen LogP contribution < -0.4 is 0 Å². The molecule has 3 nitrogen and oxygen atoms in total.